The first-order chi connectivity index (χ1) is 4.86. The Morgan fingerprint density at radius 1 is 1.30 bits per heavy atom. The van der Waals surface area contributed by atoms with Gasteiger partial charge in [-0.1, -0.05) is 6.08 Å². The zero-order valence-corrected chi connectivity index (χ0v) is 6.55. The van der Waals surface area contributed by atoms with Gasteiger partial charge in [-0.3, -0.25) is 0 Å². The Bertz CT molecular complexity index is 101. The Morgan fingerprint density at radius 3 is 2.30 bits per heavy atom. The fraction of sp³-hybridized carbons (Fsp3) is 0.778. The van der Waals surface area contributed by atoms with Crippen LogP contribution in [-0.4, -0.2) is 6.54 Å². The molecule has 0 heterocycles. The minimum atomic E-state index is 0.780. The van der Waals surface area contributed by atoms with Crippen LogP contribution in [0.1, 0.15) is 25.7 Å². The van der Waals surface area contributed by atoms with Gasteiger partial charge < -0.3 is 5.73 Å². The summed E-state index contributed by atoms with van der Waals surface area (Å²) >= 11 is 0. The van der Waals surface area contributed by atoms with Crippen LogP contribution in [-0.2, 0) is 0 Å². The van der Waals surface area contributed by atoms with E-state index in [0.717, 1.165) is 18.4 Å². The smallest absolute Gasteiger partial charge is 0.00489 e. The minimum absolute atomic E-state index is 0.780. The van der Waals surface area contributed by atoms with E-state index in [1.54, 1.807) is 0 Å². The van der Waals surface area contributed by atoms with E-state index in [1.807, 2.05) is 0 Å². The summed E-state index contributed by atoms with van der Waals surface area (Å²) in [4.78, 5) is 0. The molecule has 10 heavy (non-hydrogen) atoms. The first kappa shape index (κ1) is 7.80. The van der Waals surface area contributed by atoms with Gasteiger partial charge in [0.15, 0.2) is 0 Å². The van der Waals surface area contributed by atoms with Gasteiger partial charge in [-0.05, 0) is 44.1 Å². The topological polar surface area (TPSA) is 26.0 Å². The van der Waals surface area contributed by atoms with Crippen molar-refractivity contribution in [3.63, 3.8) is 0 Å². The van der Waals surface area contributed by atoms with Crippen molar-refractivity contribution < 1.29 is 0 Å². The molecule has 0 aromatic rings. The molecule has 0 saturated heterocycles. The van der Waals surface area contributed by atoms with E-state index < -0.39 is 0 Å². The number of hydrogen-bond acceptors (Lipinski definition) is 1. The summed E-state index contributed by atoms with van der Waals surface area (Å²) in [5, 5.41) is 0. The Morgan fingerprint density at radius 2 is 1.90 bits per heavy atom. The van der Waals surface area contributed by atoms with Crippen LogP contribution < -0.4 is 5.73 Å². The zero-order chi connectivity index (χ0) is 7.40. The maximum absolute atomic E-state index is 5.56. The van der Waals surface area contributed by atoms with Gasteiger partial charge in [0.25, 0.3) is 0 Å². The van der Waals surface area contributed by atoms with Gasteiger partial charge in [0, 0.05) is 0 Å². The van der Waals surface area contributed by atoms with Crippen LogP contribution in [0.2, 0.25) is 0 Å². The number of allylic oxidation sites excluding steroid dienone is 1. The summed E-state index contributed by atoms with van der Waals surface area (Å²) in [6, 6.07) is 0. The lowest BCUT2D eigenvalue weighted by Gasteiger charge is -2.25. The first-order valence-electron chi connectivity index (χ1n) is 4.19. The van der Waals surface area contributed by atoms with E-state index in [-0.39, 0.29) is 0 Å². The van der Waals surface area contributed by atoms with Gasteiger partial charge in [-0.2, -0.15) is 0 Å². The highest BCUT2D eigenvalue weighted by molar-refractivity contribution is 4.83. The molecule has 0 atom stereocenters. The monoisotopic (exact) mass is 139 g/mol. The molecule has 1 aliphatic rings. The molecular weight excluding hydrogens is 122 g/mol. The number of hydrogen-bond donors (Lipinski definition) is 1. The quantitative estimate of drug-likeness (QED) is 0.581. The van der Waals surface area contributed by atoms with Crippen molar-refractivity contribution in [1.82, 2.24) is 0 Å². The highest BCUT2D eigenvalue weighted by Gasteiger charge is 2.17. The molecule has 0 unspecified atom stereocenters. The van der Waals surface area contributed by atoms with Gasteiger partial charge in [0.05, 0.1) is 0 Å². The van der Waals surface area contributed by atoms with Crippen molar-refractivity contribution in [2.24, 2.45) is 17.6 Å². The van der Waals surface area contributed by atoms with Crippen LogP contribution >= 0.6 is 0 Å². The van der Waals surface area contributed by atoms with E-state index in [4.69, 9.17) is 5.73 Å². The molecule has 1 heteroatoms. The Labute approximate surface area is 63.3 Å². The fourth-order valence-electron chi connectivity index (χ4n) is 1.66. The standard InChI is InChI=1S/C9H17N/c1-2-8-3-5-9(7-10)6-4-8/h2,8-9H,1,3-7,10H2/t8-,9-. The fourth-order valence-corrected chi connectivity index (χ4v) is 1.66. The molecule has 0 radical (unpaired) electrons. The van der Waals surface area contributed by atoms with Gasteiger partial charge in [-0.25, -0.2) is 0 Å². The van der Waals surface area contributed by atoms with Crippen molar-refractivity contribution >= 4 is 0 Å². The Balaban J connectivity index is 2.23. The summed E-state index contributed by atoms with van der Waals surface area (Å²) in [6.07, 6.45) is 7.34. The molecular formula is C9H17N. The van der Waals surface area contributed by atoms with Crippen molar-refractivity contribution in [1.29, 1.82) is 0 Å². The Kier molecular flexibility index (Phi) is 2.94. The van der Waals surface area contributed by atoms with E-state index >= 15 is 0 Å². The van der Waals surface area contributed by atoms with Gasteiger partial charge in [-0.15, -0.1) is 6.58 Å². The molecule has 1 nitrogen and oxygen atoms in total. The van der Waals surface area contributed by atoms with E-state index in [0.29, 0.717) is 0 Å². The lowest BCUT2D eigenvalue weighted by molar-refractivity contribution is 0.317. The highest BCUT2D eigenvalue weighted by atomic mass is 14.5. The third-order valence-corrected chi connectivity index (χ3v) is 2.56. The van der Waals surface area contributed by atoms with E-state index in [1.165, 1.54) is 25.7 Å². The predicted molar refractivity (Wildman–Crippen MR) is 44.7 cm³/mol. The summed E-state index contributed by atoms with van der Waals surface area (Å²) < 4.78 is 0. The van der Waals surface area contributed by atoms with Crippen molar-refractivity contribution in [3.8, 4) is 0 Å². The summed E-state index contributed by atoms with van der Waals surface area (Å²) in [7, 11) is 0. The predicted octanol–water partition coefficient (Wildman–Crippen LogP) is 1.94. The molecule has 0 aliphatic heterocycles. The first-order valence-corrected chi connectivity index (χ1v) is 4.19. The van der Waals surface area contributed by atoms with Crippen LogP contribution in [0, 0.1) is 11.8 Å². The summed E-state index contributed by atoms with van der Waals surface area (Å²) in [6.45, 7) is 4.68. The molecule has 0 aromatic carbocycles. The third kappa shape index (κ3) is 1.84. The second kappa shape index (κ2) is 3.77. The number of rotatable bonds is 2. The largest absolute Gasteiger partial charge is 0.330 e. The van der Waals surface area contributed by atoms with Crippen molar-refractivity contribution in [3.05, 3.63) is 12.7 Å². The molecule has 58 valence electrons. The van der Waals surface area contributed by atoms with Gasteiger partial charge in [0.2, 0.25) is 0 Å². The maximum Gasteiger partial charge on any atom is -0.00489 e. The summed E-state index contributed by atoms with van der Waals surface area (Å²) in [5.74, 6) is 1.58. The van der Waals surface area contributed by atoms with Crippen LogP contribution in [0.5, 0.6) is 0 Å². The molecule has 2 N–H and O–H groups in total. The molecule has 1 rings (SSSR count). The summed E-state index contributed by atoms with van der Waals surface area (Å²) in [5.41, 5.74) is 5.56. The molecule has 0 amide bonds. The normalized spacial score (nSPS) is 33.7. The second-order valence-electron chi connectivity index (χ2n) is 3.25. The van der Waals surface area contributed by atoms with Crippen molar-refractivity contribution in [2.75, 3.05) is 6.54 Å². The van der Waals surface area contributed by atoms with Gasteiger partial charge in [0.1, 0.15) is 0 Å². The molecule has 0 spiro atoms. The van der Waals surface area contributed by atoms with E-state index in [9.17, 15) is 0 Å². The van der Waals surface area contributed by atoms with E-state index in [2.05, 4.69) is 12.7 Å². The van der Waals surface area contributed by atoms with Gasteiger partial charge >= 0.3 is 0 Å². The van der Waals surface area contributed by atoms with Crippen LogP contribution in [0.4, 0.5) is 0 Å². The Hall–Kier alpha value is -0.300. The average molecular weight is 139 g/mol. The minimum Gasteiger partial charge on any atom is -0.330 e. The molecule has 1 fully saturated rings. The number of nitrogens with two attached hydrogens (primary N) is 1. The van der Waals surface area contributed by atoms with Crippen LogP contribution in [0.25, 0.3) is 0 Å². The van der Waals surface area contributed by atoms with Crippen molar-refractivity contribution in [2.45, 2.75) is 25.7 Å². The lowest BCUT2D eigenvalue weighted by Crippen LogP contribution is -2.20. The SMILES string of the molecule is C=C[C@H]1CC[C@H](CN)CC1. The average Bonchev–Trinajstić information content (AvgIpc) is 2.05. The molecule has 0 aromatic heterocycles. The molecule has 1 aliphatic carbocycles. The maximum atomic E-state index is 5.56. The third-order valence-electron chi connectivity index (χ3n) is 2.56. The zero-order valence-electron chi connectivity index (χ0n) is 6.55. The highest BCUT2D eigenvalue weighted by Crippen LogP contribution is 2.28. The molecule has 1 saturated carbocycles. The van der Waals surface area contributed by atoms with Crippen LogP contribution in [0.15, 0.2) is 12.7 Å². The molecule has 0 bridgehead atoms. The van der Waals surface area contributed by atoms with Crippen LogP contribution in [0.3, 0.4) is 0 Å². The lowest BCUT2D eigenvalue weighted by atomic mass is 9.82. The second-order valence-corrected chi connectivity index (χ2v) is 3.25.